The molecule has 0 bridgehead atoms. The average molecular weight is 481 g/mol. The van der Waals surface area contributed by atoms with E-state index in [0.717, 1.165) is 38.2 Å². The summed E-state index contributed by atoms with van der Waals surface area (Å²) in [5.41, 5.74) is 9.56. The van der Waals surface area contributed by atoms with Crippen LogP contribution in [0.3, 0.4) is 0 Å². The van der Waals surface area contributed by atoms with Gasteiger partial charge in [0.15, 0.2) is 5.96 Å². The highest BCUT2D eigenvalue weighted by Crippen LogP contribution is 2.18. The summed E-state index contributed by atoms with van der Waals surface area (Å²) in [5, 5.41) is 3.16. The molecule has 0 spiro atoms. The third-order valence-corrected chi connectivity index (χ3v) is 4.18. The van der Waals surface area contributed by atoms with Gasteiger partial charge in [0.2, 0.25) is 0 Å². The molecule has 5 heteroatoms. The Labute approximate surface area is 180 Å². The van der Waals surface area contributed by atoms with Crippen LogP contribution in [0.2, 0.25) is 0 Å². The standard InChI is InChI=1S/C22H31N3O.HI/c1-18(2)20-11-8-12-21(17-20)25-22(23)24-14-6-7-15-26-16-13-19-9-4-3-5-10-19;/h3-5,8-12,17-18H,6-7,13-16H2,1-2H3,(H3,23,24,25);1H. The lowest BCUT2D eigenvalue weighted by Gasteiger charge is -2.10. The molecule has 0 fully saturated rings. The number of hydrogen-bond acceptors (Lipinski definition) is 2. The van der Waals surface area contributed by atoms with Gasteiger partial charge in [-0.3, -0.25) is 4.99 Å². The van der Waals surface area contributed by atoms with Gasteiger partial charge >= 0.3 is 0 Å². The van der Waals surface area contributed by atoms with Crippen molar-refractivity contribution in [1.29, 1.82) is 0 Å². The van der Waals surface area contributed by atoms with Crippen molar-refractivity contribution in [2.75, 3.05) is 25.1 Å². The third kappa shape index (κ3) is 9.77. The predicted molar refractivity (Wildman–Crippen MR) is 126 cm³/mol. The van der Waals surface area contributed by atoms with Crippen molar-refractivity contribution in [2.45, 2.75) is 39.0 Å². The lowest BCUT2D eigenvalue weighted by atomic mass is 10.0. The molecular weight excluding hydrogens is 449 g/mol. The number of aliphatic imine (C=N–C) groups is 1. The molecule has 0 aliphatic heterocycles. The Balaban J connectivity index is 0.00000364. The van der Waals surface area contributed by atoms with Crippen molar-refractivity contribution in [1.82, 2.24) is 0 Å². The number of ether oxygens (including phenoxy) is 1. The number of halogens is 1. The summed E-state index contributed by atoms with van der Waals surface area (Å²) in [5.74, 6) is 0.965. The van der Waals surface area contributed by atoms with Gasteiger partial charge in [-0.15, -0.1) is 24.0 Å². The van der Waals surface area contributed by atoms with Crippen LogP contribution in [-0.4, -0.2) is 25.7 Å². The van der Waals surface area contributed by atoms with Gasteiger partial charge in [0.25, 0.3) is 0 Å². The Bertz CT molecular complexity index is 674. The van der Waals surface area contributed by atoms with E-state index >= 15 is 0 Å². The molecule has 0 saturated heterocycles. The van der Waals surface area contributed by atoms with Gasteiger partial charge in [0.1, 0.15) is 0 Å². The number of guanidine groups is 1. The van der Waals surface area contributed by atoms with Gasteiger partial charge in [-0.2, -0.15) is 0 Å². The molecule has 2 aromatic carbocycles. The van der Waals surface area contributed by atoms with Crippen LogP contribution in [0.5, 0.6) is 0 Å². The Kier molecular flexibility index (Phi) is 11.8. The fraction of sp³-hybridized carbons (Fsp3) is 0.409. The number of unbranched alkanes of at least 4 members (excludes halogenated alkanes) is 1. The van der Waals surface area contributed by atoms with E-state index < -0.39 is 0 Å². The minimum atomic E-state index is 0. The van der Waals surface area contributed by atoms with Gasteiger partial charge in [-0.05, 0) is 48.4 Å². The lowest BCUT2D eigenvalue weighted by molar-refractivity contribution is 0.134. The van der Waals surface area contributed by atoms with E-state index in [-0.39, 0.29) is 24.0 Å². The van der Waals surface area contributed by atoms with Gasteiger partial charge in [0.05, 0.1) is 6.61 Å². The highest BCUT2D eigenvalue weighted by atomic mass is 127. The highest BCUT2D eigenvalue weighted by Gasteiger charge is 2.01. The fourth-order valence-corrected chi connectivity index (χ4v) is 2.62. The zero-order valence-electron chi connectivity index (χ0n) is 16.4. The quantitative estimate of drug-likeness (QED) is 0.213. The first-order chi connectivity index (χ1) is 12.6. The van der Waals surface area contributed by atoms with Crippen LogP contribution in [0.25, 0.3) is 0 Å². The largest absolute Gasteiger partial charge is 0.381 e. The van der Waals surface area contributed by atoms with E-state index in [0.29, 0.717) is 18.4 Å². The van der Waals surface area contributed by atoms with Crippen molar-refractivity contribution in [3.63, 3.8) is 0 Å². The number of anilines is 1. The van der Waals surface area contributed by atoms with E-state index in [1.807, 2.05) is 18.2 Å². The summed E-state index contributed by atoms with van der Waals surface area (Å²) in [6.07, 6.45) is 2.93. The van der Waals surface area contributed by atoms with Gasteiger partial charge in [-0.1, -0.05) is 56.3 Å². The minimum absolute atomic E-state index is 0. The normalized spacial score (nSPS) is 11.3. The van der Waals surface area contributed by atoms with E-state index in [4.69, 9.17) is 10.5 Å². The molecule has 148 valence electrons. The zero-order valence-corrected chi connectivity index (χ0v) is 18.7. The molecule has 0 amide bonds. The first kappa shape index (κ1) is 23.4. The maximum atomic E-state index is 5.97. The van der Waals surface area contributed by atoms with Gasteiger partial charge in [0, 0.05) is 18.8 Å². The lowest BCUT2D eigenvalue weighted by Crippen LogP contribution is -2.23. The van der Waals surface area contributed by atoms with Crippen molar-refractivity contribution < 1.29 is 4.74 Å². The predicted octanol–water partition coefficient (Wildman–Crippen LogP) is 5.19. The van der Waals surface area contributed by atoms with Crippen LogP contribution in [-0.2, 0) is 11.2 Å². The summed E-state index contributed by atoms with van der Waals surface area (Å²) in [6.45, 7) is 6.61. The van der Waals surface area contributed by atoms with Crippen LogP contribution in [0.15, 0.2) is 59.6 Å². The topological polar surface area (TPSA) is 59.6 Å². The van der Waals surface area contributed by atoms with Crippen LogP contribution in [0.4, 0.5) is 5.69 Å². The highest BCUT2D eigenvalue weighted by molar-refractivity contribution is 14.0. The molecule has 0 aromatic heterocycles. The Morgan fingerprint density at radius 2 is 1.81 bits per heavy atom. The maximum absolute atomic E-state index is 5.97. The van der Waals surface area contributed by atoms with Gasteiger partial charge in [-0.25, -0.2) is 0 Å². The summed E-state index contributed by atoms with van der Waals surface area (Å²) in [4.78, 5) is 4.39. The molecule has 0 aliphatic carbocycles. The van der Waals surface area contributed by atoms with E-state index in [9.17, 15) is 0 Å². The molecule has 0 atom stereocenters. The molecule has 0 saturated carbocycles. The second-order valence-corrected chi connectivity index (χ2v) is 6.73. The van der Waals surface area contributed by atoms with Crippen molar-refractivity contribution in [3.8, 4) is 0 Å². The van der Waals surface area contributed by atoms with Crippen LogP contribution < -0.4 is 11.1 Å². The molecular formula is C22H32IN3O. The average Bonchev–Trinajstić information content (AvgIpc) is 2.65. The number of rotatable bonds is 10. The number of nitrogens with two attached hydrogens (primary N) is 1. The van der Waals surface area contributed by atoms with E-state index in [1.165, 1.54) is 11.1 Å². The van der Waals surface area contributed by atoms with Crippen LogP contribution >= 0.6 is 24.0 Å². The molecule has 2 rings (SSSR count). The molecule has 0 unspecified atom stereocenters. The smallest absolute Gasteiger partial charge is 0.193 e. The molecule has 3 N–H and O–H groups in total. The summed E-state index contributed by atoms with van der Waals surface area (Å²) in [6, 6.07) is 18.7. The number of hydrogen-bond donors (Lipinski definition) is 2. The number of benzene rings is 2. The fourth-order valence-electron chi connectivity index (χ4n) is 2.62. The molecule has 27 heavy (non-hydrogen) atoms. The van der Waals surface area contributed by atoms with Gasteiger partial charge < -0.3 is 15.8 Å². The monoisotopic (exact) mass is 481 g/mol. The maximum Gasteiger partial charge on any atom is 0.193 e. The molecule has 4 nitrogen and oxygen atoms in total. The van der Waals surface area contributed by atoms with Crippen molar-refractivity contribution >= 4 is 35.6 Å². The van der Waals surface area contributed by atoms with Crippen molar-refractivity contribution in [3.05, 3.63) is 65.7 Å². The second kappa shape index (κ2) is 13.6. The molecule has 2 aromatic rings. The summed E-state index contributed by atoms with van der Waals surface area (Å²) < 4.78 is 5.68. The van der Waals surface area contributed by atoms with E-state index in [2.05, 4.69) is 60.6 Å². The minimum Gasteiger partial charge on any atom is -0.381 e. The summed E-state index contributed by atoms with van der Waals surface area (Å²) >= 11 is 0. The van der Waals surface area contributed by atoms with Crippen LogP contribution in [0.1, 0.15) is 43.7 Å². The third-order valence-electron chi connectivity index (χ3n) is 4.18. The Morgan fingerprint density at radius 3 is 2.56 bits per heavy atom. The van der Waals surface area contributed by atoms with Crippen LogP contribution in [0, 0.1) is 0 Å². The molecule has 0 heterocycles. The second-order valence-electron chi connectivity index (χ2n) is 6.73. The number of nitrogens with zero attached hydrogens (tertiary/aromatic N) is 1. The first-order valence-corrected chi connectivity index (χ1v) is 9.43. The SMILES string of the molecule is CC(C)c1cccc(NC(N)=NCCCCOCCc2ccccc2)c1.I. The first-order valence-electron chi connectivity index (χ1n) is 9.43. The zero-order chi connectivity index (χ0) is 18.6. The Hall–Kier alpha value is -1.60. The van der Waals surface area contributed by atoms with Crippen molar-refractivity contribution in [2.24, 2.45) is 10.7 Å². The van der Waals surface area contributed by atoms with E-state index in [1.54, 1.807) is 0 Å². The molecule has 0 aliphatic rings. The number of nitrogens with one attached hydrogen (secondary N) is 1. The summed E-state index contributed by atoms with van der Waals surface area (Å²) in [7, 11) is 0. The Morgan fingerprint density at radius 1 is 1.04 bits per heavy atom. The molecule has 0 radical (unpaired) electrons.